The molecule has 28 heavy (non-hydrogen) atoms. The molecule has 1 saturated carbocycles. The van der Waals surface area contributed by atoms with E-state index >= 15 is 0 Å². The molecule has 1 aliphatic carbocycles. The zero-order chi connectivity index (χ0) is 19.3. The third kappa shape index (κ3) is 3.98. The number of fused-ring (bicyclic) bond motifs is 1. The Kier molecular flexibility index (Phi) is 5.24. The van der Waals surface area contributed by atoms with Crippen LogP contribution in [0.4, 0.5) is 0 Å². The fraction of sp³-hybridized carbons (Fsp3) is 0.400. The quantitative estimate of drug-likeness (QED) is 0.864. The number of carbonyl (C=O) groups excluding carboxylic acids is 1. The van der Waals surface area contributed by atoms with Crippen LogP contribution in [0.5, 0.6) is 17.4 Å². The van der Waals surface area contributed by atoms with Gasteiger partial charge in [0.2, 0.25) is 11.8 Å². The molecule has 2 aromatic rings. The number of rotatable bonds is 4. The summed E-state index contributed by atoms with van der Waals surface area (Å²) >= 11 is 0. The van der Waals surface area contributed by atoms with Crippen LogP contribution in [0.2, 0.25) is 0 Å². The Balaban J connectivity index is 1.27. The van der Waals surface area contributed by atoms with Gasteiger partial charge in [0.25, 0.3) is 11.8 Å². The molecule has 8 nitrogen and oxygen atoms in total. The van der Waals surface area contributed by atoms with E-state index in [9.17, 15) is 4.79 Å². The molecule has 0 spiro atoms. The van der Waals surface area contributed by atoms with Crippen LogP contribution < -0.4 is 19.5 Å². The molecule has 1 aliphatic heterocycles. The maximum Gasteiger partial charge on any atom is 0.264 e. The Bertz CT molecular complexity index is 890. The van der Waals surface area contributed by atoms with Crippen molar-refractivity contribution in [2.45, 2.75) is 43.9 Å². The van der Waals surface area contributed by atoms with Gasteiger partial charge in [0.1, 0.15) is 18.8 Å². The molecule has 1 aromatic heterocycles. The van der Waals surface area contributed by atoms with Crippen LogP contribution in [0.3, 0.4) is 0 Å². The summed E-state index contributed by atoms with van der Waals surface area (Å²) in [7, 11) is 0. The van der Waals surface area contributed by atoms with Crippen LogP contribution in [0.15, 0.2) is 36.7 Å². The van der Waals surface area contributed by atoms with E-state index in [4.69, 9.17) is 19.5 Å². The minimum atomic E-state index is -0.651. The van der Waals surface area contributed by atoms with E-state index in [2.05, 4.69) is 15.3 Å². The average molecular weight is 380 g/mol. The number of benzene rings is 1. The molecular weight excluding hydrogens is 360 g/mol. The minimum absolute atomic E-state index is 0.0434. The van der Waals surface area contributed by atoms with Crippen molar-refractivity contribution in [1.29, 1.82) is 5.26 Å². The van der Waals surface area contributed by atoms with E-state index < -0.39 is 6.10 Å². The first-order chi connectivity index (χ1) is 13.7. The standard InChI is InChI=1S/C20H20N4O4/c21-11-15-20(23-10-9-22-15)27-14-7-5-13(6-8-14)24-19(25)18-12-26-16-3-1-2-4-17(16)28-18/h1-4,9-10,13-14,18H,5-8,12H2,(H,24,25). The number of nitriles is 1. The third-order valence-electron chi connectivity index (χ3n) is 4.87. The molecule has 8 heteroatoms. The Hall–Kier alpha value is -3.34. The highest BCUT2D eigenvalue weighted by Gasteiger charge is 2.31. The zero-order valence-electron chi connectivity index (χ0n) is 15.2. The number of aromatic nitrogens is 2. The normalized spacial score (nSPS) is 23.3. The number of amides is 1. The van der Waals surface area contributed by atoms with Crippen molar-refractivity contribution in [1.82, 2.24) is 15.3 Å². The molecule has 1 amide bonds. The predicted molar refractivity (Wildman–Crippen MR) is 97.9 cm³/mol. The van der Waals surface area contributed by atoms with Gasteiger partial charge in [0, 0.05) is 18.4 Å². The molecule has 0 saturated heterocycles. The largest absolute Gasteiger partial charge is 0.485 e. The average Bonchev–Trinajstić information content (AvgIpc) is 2.75. The van der Waals surface area contributed by atoms with Gasteiger partial charge >= 0.3 is 0 Å². The summed E-state index contributed by atoms with van der Waals surface area (Å²) in [4.78, 5) is 20.6. The number of hydrogen-bond acceptors (Lipinski definition) is 7. The van der Waals surface area contributed by atoms with E-state index in [1.807, 2.05) is 24.3 Å². The van der Waals surface area contributed by atoms with Crippen LogP contribution in [0.1, 0.15) is 31.4 Å². The molecular formula is C20H20N4O4. The second kappa shape index (κ2) is 8.13. The van der Waals surface area contributed by atoms with Crippen molar-refractivity contribution < 1.29 is 19.0 Å². The lowest BCUT2D eigenvalue weighted by molar-refractivity contribution is -0.131. The molecule has 1 atom stereocenters. The minimum Gasteiger partial charge on any atom is -0.485 e. The van der Waals surface area contributed by atoms with Gasteiger partial charge in [-0.2, -0.15) is 5.26 Å². The number of carbonyl (C=O) groups is 1. The lowest BCUT2D eigenvalue weighted by Gasteiger charge is -2.31. The highest BCUT2D eigenvalue weighted by molar-refractivity contribution is 5.82. The smallest absolute Gasteiger partial charge is 0.264 e. The number of para-hydroxylation sites is 2. The molecule has 2 heterocycles. The van der Waals surface area contributed by atoms with Crippen molar-refractivity contribution in [2.75, 3.05) is 6.61 Å². The number of ether oxygens (including phenoxy) is 3. The van der Waals surface area contributed by atoms with Gasteiger partial charge in [-0.15, -0.1) is 0 Å². The zero-order valence-corrected chi connectivity index (χ0v) is 15.2. The van der Waals surface area contributed by atoms with Crippen molar-refractivity contribution in [3.8, 4) is 23.4 Å². The molecule has 2 aliphatic rings. The van der Waals surface area contributed by atoms with E-state index in [0.717, 1.165) is 25.7 Å². The fourth-order valence-corrected chi connectivity index (χ4v) is 3.41. The van der Waals surface area contributed by atoms with E-state index in [0.29, 0.717) is 11.5 Å². The van der Waals surface area contributed by atoms with Crippen LogP contribution in [0, 0.1) is 11.3 Å². The Morgan fingerprint density at radius 3 is 2.68 bits per heavy atom. The van der Waals surface area contributed by atoms with Gasteiger partial charge in [0.15, 0.2) is 11.5 Å². The number of nitrogens with one attached hydrogen (secondary N) is 1. The molecule has 1 N–H and O–H groups in total. The van der Waals surface area contributed by atoms with Crippen LogP contribution in [-0.2, 0) is 4.79 Å². The van der Waals surface area contributed by atoms with Crippen LogP contribution in [0.25, 0.3) is 0 Å². The maximum atomic E-state index is 12.5. The molecule has 0 bridgehead atoms. The lowest BCUT2D eigenvalue weighted by Crippen LogP contribution is -2.49. The molecule has 1 unspecified atom stereocenters. The highest BCUT2D eigenvalue weighted by Crippen LogP contribution is 2.31. The molecule has 1 aromatic carbocycles. The molecule has 0 radical (unpaired) electrons. The number of hydrogen-bond donors (Lipinski definition) is 1. The lowest BCUT2D eigenvalue weighted by atomic mass is 9.92. The van der Waals surface area contributed by atoms with Crippen molar-refractivity contribution in [3.05, 3.63) is 42.4 Å². The third-order valence-corrected chi connectivity index (χ3v) is 4.87. The Labute approximate surface area is 162 Å². The summed E-state index contributed by atoms with van der Waals surface area (Å²) in [6.45, 7) is 0.199. The van der Waals surface area contributed by atoms with Gasteiger partial charge in [-0.3, -0.25) is 4.79 Å². The SMILES string of the molecule is N#Cc1nccnc1OC1CCC(NC(=O)C2COc3ccccc3O2)CC1. The summed E-state index contributed by atoms with van der Waals surface area (Å²) in [6, 6.07) is 9.36. The molecule has 4 rings (SSSR count). The Morgan fingerprint density at radius 1 is 1.14 bits per heavy atom. The molecule has 144 valence electrons. The van der Waals surface area contributed by atoms with Crippen molar-refractivity contribution in [2.24, 2.45) is 0 Å². The summed E-state index contributed by atoms with van der Waals surface area (Å²) in [5.41, 5.74) is 0.188. The van der Waals surface area contributed by atoms with Crippen LogP contribution >= 0.6 is 0 Å². The maximum absolute atomic E-state index is 12.5. The second-order valence-corrected chi connectivity index (χ2v) is 6.79. The van der Waals surface area contributed by atoms with Gasteiger partial charge in [-0.25, -0.2) is 9.97 Å². The fourth-order valence-electron chi connectivity index (χ4n) is 3.41. The van der Waals surface area contributed by atoms with Crippen molar-refractivity contribution >= 4 is 5.91 Å². The van der Waals surface area contributed by atoms with Crippen LogP contribution in [-0.4, -0.2) is 40.7 Å². The van der Waals surface area contributed by atoms with Crippen molar-refractivity contribution in [3.63, 3.8) is 0 Å². The topological polar surface area (TPSA) is 106 Å². The van der Waals surface area contributed by atoms with Gasteiger partial charge in [0.05, 0.1) is 0 Å². The summed E-state index contributed by atoms with van der Waals surface area (Å²) in [5, 5.41) is 12.1. The number of nitrogens with zero attached hydrogens (tertiary/aromatic N) is 3. The van der Waals surface area contributed by atoms with E-state index in [1.165, 1.54) is 12.4 Å². The van der Waals surface area contributed by atoms with E-state index in [-0.39, 0.29) is 36.2 Å². The first kappa shape index (κ1) is 18.0. The first-order valence-corrected chi connectivity index (χ1v) is 9.29. The van der Waals surface area contributed by atoms with Gasteiger partial charge < -0.3 is 19.5 Å². The Morgan fingerprint density at radius 2 is 1.89 bits per heavy atom. The predicted octanol–water partition coefficient (Wildman–Crippen LogP) is 1.99. The van der Waals surface area contributed by atoms with Gasteiger partial charge in [-0.05, 0) is 37.8 Å². The molecule has 1 fully saturated rings. The summed E-state index contributed by atoms with van der Waals surface area (Å²) < 4.78 is 17.2. The monoisotopic (exact) mass is 380 g/mol. The second-order valence-electron chi connectivity index (χ2n) is 6.79. The summed E-state index contributed by atoms with van der Waals surface area (Å²) in [5.74, 6) is 1.34. The first-order valence-electron chi connectivity index (χ1n) is 9.29. The van der Waals surface area contributed by atoms with Gasteiger partial charge in [-0.1, -0.05) is 12.1 Å². The van der Waals surface area contributed by atoms with E-state index in [1.54, 1.807) is 6.07 Å². The summed E-state index contributed by atoms with van der Waals surface area (Å²) in [6.07, 6.45) is 5.36. The highest BCUT2D eigenvalue weighted by atomic mass is 16.6.